The molecular formula is C17H18FNO2. The Morgan fingerprint density at radius 1 is 1.05 bits per heavy atom. The van der Waals surface area contributed by atoms with E-state index in [2.05, 4.69) is 5.32 Å². The van der Waals surface area contributed by atoms with Gasteiger partial charge in [0.15, 0.2) is 11.5 Å². The number of hydrogen-bond donors (Lipinski definition) is 1. The molecule has 0 spiro atoms. The minimum absolute atomic E-state index is 0.232. The average molecular weight is 287 g/mol. The van der Waals surface area contributed by atoms with Gasteiger partial charge in [-0.1, -0.05) is 12.1 Å². The average Bonchev–Trinajstić information content (AvgIpc) is 2.71. The number of hydrogen-bond acceptors (Lipinski definition) is 3. The first-order valence-corrected chi connectivity index (χ1v) is 7.11. The van der Waals surface area contributed by atoms with Crippen molar-refractivity contribution in [2.75, 3.05) is 18.5 Å². The van der Waals surface area contributed by atoms with Crippen LogP contribution in [-0.4, -0.2) is 13.2 Å². The second-order valence-electron chi connectivity index (χ2n) is 5.17. The van der Waals surface area contributed by atoms with Gasteiger partial charge in [0.2, 0.25) is 0 Å². The summed E-state index contributed by atoms with van der Waals surface area (Å²) in [5.74, 6) is 1.30. The highest BCUT2D eigenvalue weighted by atomic mass is 19.1. The first-order valence-electron chi connectivity index (χ1n) is 7.11. The minimum atomic E-state index is -0.232. The molecule has 1 aliphatic rings. The van der Waals surface area contributed by atoms with Crippen LogP contribution in [0.1, 0.15) is 17.5 Å². The van der Waals surface area contributed by atoms with E-state index in [0.29, 0.717) is 25.4 Å². The summed E-state index contributed by atoms with van der Waals surface area (Å²) in [5.41, 5.74) is 2.44. The Bertz CT molecular complexity index is 643. The zero-order valence-electron chi connectivity index (χ0n) is 12.0. The summed E-state index contributed by atoms with van der Waals surface area (Å²) in [5, 5.41) is 3.11. The van der Waals surface area contributed by atoms with Crippen LogP contribution in [-0.2, 0) is 6.54 Å². The number of benzene rings is 2. The summed E-state index contributed by atoms with van der Waals surface area (Å²) in [4.78, 5) is 0. The maximum Gasteiger partial charge on any atom is 0.161 e. The molecule has 21 heavy (non-hydrogen) atoms. The lowest BCUT2D eigenvalue weighted by Crippen LogP contribution is -2.02. The van der Waals surface area contributed by atoms with E-state index in [1.54, 1.807) is 6.07 Å². The van der Waals surface area contributed by atoms with Crippen LogP contribution in [0.3, 0.4) is 0 Å². The van der Waals surface area contributed by atoms with Gasteiger partial charge >= 0.3 is 0 Å². The zero-order chi connectivity index (χ0) is 14.7. The lowest BCUT2D eigenvalue weighted by Gasteiger charge is -2.11. The number of fused-ring (bicyclic) bond motifs is 1. The van der Waals surface area contributed by atoms with Crippen molar-refractivity contribution in [2.45, 2.75) is 19.9 Å². The van der Waals surface area contributed by atoms with Crippen molar-refractivity contribution in [1.82, 2.24) is 0 Å². The summed E-state index contributed by atoms with van der Waals surface area (Å²) in [6.07, 6.45) is 0.886. The molecule has 0 radical (unpaired) electrons. The van der Waals surface area contributed by atoms with Gasteiger partial charge in [0.05, 0.1) is 18.9 Å². The van der Waals surface area contributed by atoms with Crippen LogP contribution in [0.25, 0.3) is 0 Å². The Hall–Kier alpha value is -2.23. The fourth-order valence-corrected chi connectivity index (χ4v) is 2.28. The molecule has 4 heteroatoms. The molecule has 0 unspecified atom stereocenters. The molecule has 0 saturated heterocycles. The van der Waals surface area contributed by atoms with Crippen molar-refractivity contribution < 1.29 is 13.9 Å². The van der Waals surface area contributed by atoms with Gasteiger partial charge in [-0.05, 0) is 42.3 Å². The number of anilines is 1. The van der Waals surface area contributed by atoms with E-state index in [1.807, 2.05) is 31.2 Å². The second kappa shape index (κ2) is 6.04. The van der Waals surface area contributed by atoms with Crippen LogP contribution in [0, 0.1) is 12.7 Å². The van der Waals surface area contributed by atoms with Gasteiger partial charge in [0.25, 0.3) is 0 Å². The van der Waals surface area contributed by atoms with E-state index in [-0.39, 0.29) is 5.82 Å². The van der Waals surface area contributed by atoms with Crippen molar-refractivity contribution in [1.29, 1.82) is 0 Å². The Morgan fingerprint density at radius 3 is 2.67 bits per heavy atom. The highest BCUT2D eigenvalue weighted by Gasteiger charge is 2.10. The standard InChI is InChI=1S/C17H18FNO2/c1-12-3-5-15(14(18)9-12)19-11-13-4-6-16-17(10-13)21-8-2-7-20-16/h3-6,9-10,19H,2,7-8,11H2,1H3. The Kier molecular flexibility index (Phi) is 3.95. The number of rotatable bonds is 3. The van der Waals surface area contributed by atoms with E-state index < -0.39 is 0 Å². The summed E-state index contributed by atoms with van der Waals surface area (Å²) < 4.78 is 25.0. The first kappa shape index (κ1) is 13.7. The molecule has 1 aliphatic heterocycles. The molecule has 0 atom stereocenters. The van der Waals surface area contributed by atoms with E-state index in [4.69, 9.17) is 9.47 Å². The Morgan fingerprint density at radius 2 is 1.86 bits per heavy atom. The number of ether oxygens (including phenoxy) is 2. The lowest BCUT2D eigenvalue weighted by atomic mass is 10.2. The number of aryl methyl sites for hydroxylation is 1. The van der Waals surface area contributed by atoms with Crippen molar-refractivity contribution in [3.05, 3.63) is 53.3 Å². The topological polar surface area (TPSA) is 30.5 Å². The summed E-state index contributed by atoms with van der Waals surface area (Å²) in [6.45, 7) is 3.75. The molecule has 3 rings (SSSR count). The highest BCUT2D eigenvalue weighted by Crippen LogP contribution is 2.30. The van der Waals surface area contributed by atoms with Crippen LogP contribution < -0.4 is 14.8 Å². The highest BCUT2D eigenvalue weighted by molar-refractivity contribution is 5.48. The van der Waals surface area contributed by atoms with Gasteiger partial charge in [-0.3, -0.25) is 0 Å². The van der Waals surface area contributed by atoms with E-state index in [9.17, 15) is 4.39 Å². The largest absolute Gasteiger partial charge is 0.490 e. The summed E-state index contributed by atoms with van der Waals surface area (Å²) in [7, 11) is 0. The summed E-state index contributed by atoms with van der Waals surface area (Å²) in [6, 6.07) is 11.0. The molecule has 0 aromatic heterocycles. The third kappa shape index (κ3) is 3.27. The van der Waals surface area contributed by atoms with Crippen molar-refractivity contribution >= 4 is 5.69 Å². The SMILES string of the molecule is Cc1ccc(NCc2ccc3c(c2)OCCCO3)c(F)c1. The maximum atomic E-state index is 13.8. The number of nitrogens with one attached hydrogen (secondary N) is 1. The Balaban J connectivity index is 1.72. The van der Waals surface area contributed by atoms with E-state index in [0.717, 1.165) is 29.0 Å². The quantitative estimate of drug-likeness (QED) is 0.928. The van der Waals surface area contributed by atoms with E-state index in [1.165, 1.54) is 6.07 Å². The predicted octanol–water partition coefficient (Wildman–Crippen LogP) is 3.91. The van der Waals surface area contributed by atoms with Crippen molar-refractivity contribution in [3.63, 3.8) is 0 Å². The molecule has 2 aromatic carbocycles. The number of halogens is 1. The minimum Gasteiger partial charge on any atom is -0.490 e. The first-order chi connectivity index (χ1) is 10.2. The predicted molar refractivity (Wildman–Crippen MR) is 80.5 cm³/mol. The molecule has 110 valence electrons. The molecule has 0 saturated carbocycles. The van der Waals surface area contributed by atoms with Gasteiger partial charge in [-0.15, -0.1) is 0 Å². The molecule has 0 fully saturated rings. The van der Waals surface area contributed by atoms with Crippen molar-refractivity contribution in [3.8, 4) is 11.5 Å². The molecule has 0 aliphatic carbocycles. The lowest BCUT2D eigenvalue weighted by molar-refractivity contribution is 0.297. The van der Waals surface area contributed by atoms with Crippen LogP contribution >= 0.6 is 0 Å². The van der Waals surface area contributed by atoms with Crippen LogP contribution in [0.5, 0.6) is 11.5 Å². The zero-order valence-corrected chi connectivity index (χ0v) is 12.0. The fraction of sp³-hybridized carbons (Fsp3) is 0.294. The molecule has 3 nitrogen and oxygen atoms in total. The van der Waals surface area contributed by atoms with Gasteiger partial charge in [0, 0.05) is 13.0 Å². The van der Waals surface area contributed by atoms with Crippen LogP contribution in [0.2, 0.25) is 0 Å². The van der Waals surface area contributed by atoms with Crippen LogP contribution in [0.4, 0.5) is 10.1 Å². The normalized spacial score (nSPS) is 13.6. The molecule has 2 aromatic rings. The summed E-state index contributed by atoms with van der Waals surface area (Å²) >= 11 is 0. The van der Waals surface area contributed by atoms with Crippen molar-refractivity contribution in [2.24, 2.45) is 0 Å². The van der Waals surface area contributed by atoms with Gasteiger partial charge < -0.3 is 14.8 Å². The monoisotopic (exact) mass is 287 g/mol. The fourth-order valence-electron chi connectivity index (χ4n) is 2.28. The molecular weight excluding hydrogens is 269 g/mol. The second-order valence-corrected chi connectivity index (χ2v) is 5.17. The van der Waals surface area contributed by atoms with Crippen LogP contribution in [0.15, 0.2) is 36.4 Å². The maximum absolute atomic E-state index is 13.8. The smallest absolute Gasteiger partial charge is 0.161 e. The third-order valence-electron chi connectivity index (χ3n) is 3.42. The Labute approximate surface area is 123 Å². The van der Waals surface area contributed by atoms with Gasteiger partial charge in [-0.2, -0.15) is 0 Å². The van der Waals surface area contributed by atoms with E-state index >= 15 is 0 Å². The molecule has 1 heterocycles. The molecule has 0 amide bonds. The van der Waals surface area contributed by atoms with Gasteiger partial charge in [-0.25, -0.2) is 4.39 Å². The molecule has 1 N–H and O–H groups in total. The van der Waals surface area contributed by atoms with Gasteiger partial charge in [0.1, 0.15) is 5.82 Å². The molecule has 0 bridgehead atoms. The third-order valence-corrected chi connectivity index (χ3v) is 3.42.